The Balaban J connectivity index is 1.80. The average Bonchev–Trinajstić information content (AvgIpc) is 3.01. The van der Waals surface area contributed by atoms with Crippen LogP contribution in [0.15, 0.2) is 41.5 Å². The van der Waals surface area contributed by atoms with Crippen LogP contribution in [-0.2, 0) is 10.0 Å². The summed E-state index contributed by atoms with van der Waals surface area (Å²) >= 11 is 0. The summed E-state index contributed by atoms with van der Waals surface area (Å²) in [5.74, 6) is -2.62. The summed E-state index contributed by atoms with van der Waals surface area (Å²) in [6, 6.07) is 6.77. The zero-order valence-electron chi connectivity index (χ0n) is 17.2. The number of fused-ring (bicyclic) bond motifs is 1. The molecule has 2 aromatic heterocycles. The van der Waals surface area contributed by atoms with Crippen molar-refractivity contribution in [3.05, 3.63) is 52.6 Å². The van der Waals surface area contributed by atoms with Gasteiger partial charge in [0.15, 0.2) is 0 Å². The van der Waals surface area contributed by atoms with Crippen LogP contribution in [0.5, 0.6) is 0 Å². The fourth-order valence-electron chi connectivity index (χ4n) is 4.12. The predicted octanol–water partition coefficient (Wildman–Crippen LogP) is 3.96. The lowest BCUT2D eigenvalue weighted by Gasteiger charge is -2.30. The number of halogens is 2. The molecular weight excluding hydrogens is 426 g/mol. The van der Waals surface area contributed by atoms with Gasteiger partial charge in [0.05, 0.1) is 11.9 Å². The van der Waals surface area contributed by atoms with Gasteiger partial charge in [-0.15, -0.1) is 0 Å². The number of benzene rings is 1. The van der Waals surface area contributed by atoms with E-state index in [1.165, 1.54) is 6.20 Å². The van der Waals surface area contributed by atoms with Gasteiger partial charge in [0, 0.05) is 48.2 Å². The lowest BCUT2D eigenvalue weighted by molar-refractivity contribution is -0.0360. The van der Waals surface area contributed by atoms with Gasteiger partial charge in [0.25, 0.3) is 5.56 Å². The van der Waals surface area contributed by atoms with Crippen molar-refractivity contribution in [2.24, 2.45) is 0 Å². The van der Waals surface area contributed by atoms with Crippen LogP contribution in [0.25, 0.3) is 16.8 Å². The van der Waals surface area contributed by atoms with Crippen molar-refractivity contribution in [1.82, 2.24) is 9.38 Å². The maximum Gasteiger partial charge on any atom is 0.272 e. The summed E-state index contributed by atoms with van der Waals surface area (Å²) in [5.41, 5.74) is 3.44. The van der Waals surface area contributed by atoms with E-state index in [-0.39, 0.29) is 24.4 Å². The Morgan fingerprint density at radius 1 is 1.19 bits per heavy atom. The summed E-state index contributed by atoms with van der Waals surface area (Å²) in [4.78, 5) is 15.0. The van der Waals surface area contributed by atoms with Crippen LogP contribution >= 0.6 is 0 Å². The Bertz CT molecular complexity index is 1290. The monoisotopic (exact) mass is 450 g/mol. The first-order valence-corrected chi connectivity index (χ1v) is 11.9. The largest absolute Gasteiger partial charge is 0.382 e. The van der Waals surface area contributed by atoms with E-state index in [4.69, 9.17) is 0 Å². The van der Waals surface area contributed by atoms with E-state index in [9.17, 15) is 22.0 Å². The molecule has 1 saturated carbocycles. The summed E-state index contributed by atoms with van der Waals surface area (Å²) in [7, 11) is -3.49. The van der Waals surface area contributed by atoms with Gasteiger partial charge in [0.2, 0.25) is 15.9 Å². The maximum atomic E-state index is 13.6. The molecule has 3 aromatic rings. The van der Waals surface area contributed by atoms with E-state index in [0.29, 0.717) is 41.0 Å². The molecule has 3 N–H and O–H groups in total. The van der Waals surface area contributed by atoms with Gasteiger partial charge in [-0.25, -0.2) is 17.2 Å². The lowest BCUT2D eigenvalue weighted by Crippen LogP contribution is -2.32. The van der Waals surface area contributed by atoms with Crippen molar-refractivity contribution < 1.29 is 17.2 Å². The number of hydrogen-bond acceptors (Lipinski definition) is 4. The SMILES string of the molecule is Cc1cc(-c2cc(NS(C)(=O)=O)ccc2NC2CCC(F)(F)CC2)n2cc[nH]c(=O)c12. The predicted molar refractivity (Wildman–Crippen MR) is 117 cm³/mol. The highest BCUT2D eigenvalue weighted by atomic mass is 32.2. The van der Waals surface area contributed by atoms with Crippen molar-refractivity contribution in [1.29, 1.82) is 0 Å². The highest BCUT2D eigenvalue weighted by Crippen LogP contribution is 2.37. The number of nitrogens with zero attached hydrogens (tertiary/aromatic N) is 1. The molecule has 1 fully saturated rings. The van der Waals surface area contributed by atoms with Crippen LogP contribution in [0.1, 0.15) is 31.2 Å². The second kappa shape index (κ2) is 7.67. The zero-order valence-corrected chi connectivity index (χ0v) is 18.0. The van der Waals surface area contributed by atoms with E-state index in [1.54, 1.807) is 28.8 Å². The number of hydrogen-bond donors (Lipinski definition) is 3. The van der Waals surface area contributed by atoms with Gasteiger partial charge < -0.3 is 14.7 Å². The summed E-state index contributed by atoms with van der Waals surface area (Å²) in [6.45, 7) is 1.82. The maximum absolute atomic E-state index is 13.6. The fourth-order valence-corrected chi connectivity index (χ4v) is 4.68. The van der Waals surface area contributed by atoms with Crippen molar-refractivity contribution >= 4 is 26.9 Å². The highest BCUT2D eigenvalue weighted by molar-refractivity contribution is 7.92. The molecule has 1 aromatic carbocycles. The third-order valence-electron chi connectivity index (χ3n) is 5.56. The Labute approximate surface area is 178 Å². The molecule has 0 saturated heterocycles. The number of aromatic nitrogens is 2. The first-order chi connectivity index (χ1) is 14.5. The standard InChI is InChI=1S/C21H24F2N4O3S/c1-13-11-18(27-10-9-24-20(28)19(13)27)16-12-15(26-31(2,29)30)3-4-17(16)25-14-5-7-21(22,23)8-6-14/h3-4,9-12,14,25-26H,5-8H2,1-2H3,(H,24,28). The van der Waals surface area contributed by atoms with E-state index < -0.39 is 15.9 Å². The van der Waals surface area contributed by atoms with E-state index in [2.05, 4.69) is 15.0 Å². The number of anilines is 2. The van der Waals surface area contributed by atoms with Crippen molar-refractivity contribution in [2.75, 3.05) is 16.3 Å². The third-order valence-corrected chi connectivity index (χ3v) is 6.16. The van der Waals surface area contributed by atoms with Gasteiger partial charge in [-0.3, -0.25) is 9.52 Å². The number of rotatable bonds is 5. The Morgan fingerprint density at radius 2 is 1.90 bits per heavy atom. The molecule has 0 radical (unpaired) electrons. The van der Waals surface area contributed by atoms with Gasteiger partial charge in [0.1, 0.15) is 5.52 Å². The normalized spacial score (nSPS) is 17.0. The van der Waals surface area contributed by atoms with Crippen LogP contribution in [0, 0.1) is 6.92 Å². The first-order valence-electron chi connectivity index (χ1n) is 9.98. The molecule has 0 aliphatic heterocycles. The molecule has 4 rings (SSSR count). The first kappa shape index (κ1) is 21.4. The quantitative estimate of drug-likeness (QED) is 0.548. The number of H-pyrrole nitrogens is 1. The molecule has 10 heteroatoms. The molecule has 31 heavy (non-hydrogen) atoms. The fraction of sp³-hybridized carbons (Fsp3) is 0.381. The van der Waals surface area contributed by atoms with Gasteiger partial charge in [-0.05, 0) is 49.6 Å². The molecule has 166 valence electrons. The Morgan fingerprint density at radius 3 is 2.58 bits per heavy atom. The van der Waals surface area contributed by atoms with Crippen molar-refractivity contribution in [2.45, 2.75) is 44.6 Å². The van der Waals surface area contributed by atoms with Crippen LogP contribution in [0.4, 0.5) is 20.2 Å². The molecule has 0 unspecified atom stereocenters. The minimum Gasteiger partial charge on any atom is -0.382 e. The highest BCUT2D eigenvalue weighted by Gasteiger charge is 2.35. The molecule has 0 atom stereocenters. The van der Waals surface area contributed by atoms with Gasteiger partial charge >= 0.3 is 0 Å². The van der Waals surface area contributed by atoms with E-state index >= 15 is 0 Å². The molecule has 1 aliphatic rings. The van der Waals surface area contributed by atoms with Crippen LogP contribution in [0.3, 0.4) is 0 Å². The minimum atomic E-state index is -3.49. The summed E-state index contributed by atoms with van der Waals surface area (Å²) in [6.07, 6.45) is 4.66. The number of aryl methyl sites for hydroxylation is 1. The Hall–Kier alpha value is -2.88. The number of nitrogens with one attached hydrogen (secondary N) is 3. The molecule has 7 nitrogen and oxygen atoms in total. The Kier molecular flexibility index (Phi) is 5.28. The average molecular weight is 451 g/mol. The van der Waals surface area contributed by atoms with Crippen LogP contribution in [-0.4, -0.2) is 36.0 Å². The summed E-state index contributed by atoms with van der Waals surface area (Å²) in [5, 5.41) is 3.35. The molecular formula is C21H24F2N4O3S. The molecule has 0 bridgehead atoms. The van der Waals surface area contributed by atoms with Gasteiger partial charge in [-0.1, -0.05) is 0 Å². The van der Waals surface area contributed by atoms with Crippen molar-refractivity contribution in [3.8, 4) is 11.3 Å². The molecule has 0 spiro atoms. The van der Waals surface area contributed by atoms with Gasteiger partial charge in [-0.2, -0.15) is 0 Å². The topological polar surface area (TPSA) is 95.5 Å². The second-order valence-corrected chi connectivity index (χ2v) is 9.88. The van der Waals surface area contributed by atoms with E-state index in [0.717, 1.165) is 11.8 Å². The lowest BCUT2D eigenvalue weighted by atomic mass is 9.92. The molecule has 0 amide bonds. The van der Waals surface area contributed by atoms with E-state index in [1.807, 2.05) is 13.0 Å². The third kappa shape index (κ3) is 4.58. The van der Waals surface area contributed by atoms with Crippen LogP contribution in [0.2, 0.25) is 0 Å². The number of sulfonamides is 1. The van der Waals surface area contributed by atoms with Crippen LogP contribution < -0.4 is 15.6 Å². The van der Waals surface area contributed by atoms with Crippen molar-refractivity contribution in [3.63, 3.8) is 0 Å². The number of aromatic amines is 1. The summed E-state index contributed by atoms with van der Waals surface area (Å²) < 4.78 is 54.8. The number of alkyl halides is 2. The smallest absolute Gasteiger partial charge is 0.272 e. The minimum absolute atomic E-state index is 0.122. The molecule has 1 aliphatic carbocycles. The second-order valence-electron chi connectivity index (χ2n) is 8.13. The zero-order chi connectivity index (χ0) is 22.4. The molecule has 2 heterocycles.